The van der Waals surface area contributed by atoms with Crippen LogP contribution in [0.5, 0.6) is 0 Å². The highest BCUT2D eigenvalue weighted by Gasteiger charge is 2.32. The lowest BCUT2D eigenvalue weighted by Crippen LogP contribution is -3.00. The SMILES string of the molecule is CCCCCCCCCCCCCCCCCCCCCCS(=O)(=O)NC(CC)[N+](C)(CC)CCC.[Cl-]. The summed E-state index contributed by atoms with van der Waals surface area (Å²) in [4.78, 5) is 0. The lowest BCUT2D eigenvalue weighted by molar-refractivity contribution is -0.933. The molecule has 0 fully saturated rings. The molecule has 0 aliphatic heterocycles. The maximum Gasteiger partial charge on any atom is 0.216 e. The summed E-state index contributed by atoms with van der Waals surface area (Å²) in [5.41, 5.74) is 0. The number of hydrogen-bond acceptors (Lipinski definition) is 2. The average molecular weight is 567 g/mol. The van der Waals surface area contributed by atoms with Crippen molar-refractivity contribution in [3.05, 3.63) is 0 Å². The summed E-state index contributed by atoms with van der Waals surface area (Å²) in [7, 11) is -1.02. The van der Waals surface area contributed by atoms with Gasteiger partial charge in [-0.2, -0.15) is 4.72 Å². The Bertz CT molecular complexity index is 574. The van der Waals surface area contributed by atoms with Crippen LogP contribution in [0.1, 0.15) is 169 Å². The predicted molar refractivity (Wildman–Crippen MR) is 161 cm³/mol. The van der Waals surface area contributed by atoms with Crippen LogP contribution in [0, 0.1) is 0 Å². The van der Waals surface area contributed by atoms with Crippen molar-refractivity contribution >= 4 is 10.0 Å². The van der Waals surface area contributed by atoms with E-state index in [2.05, 4.69) is 39.5 Å². The molecule has 6 heteroatoms. The molecule has 0 aliphatic rings. The molecule has 0 amide bonds. The van der Waals surface area contributed by atoms with Gasteiger partial charge in [0.15, 0.2) is 6.17 Å². The first-order valence-corrected chi connectivity index (χ1v) is 17.8. The minimum atomic E-state index is -3.19. The summed E-state index contributed by atoms with van der Waals surface area (Å²) in [6.07, 6.45) is 28.7. The van der Waals surface area contributed by atoms with Crippen molar-refractivity contribution in [1.82, 2.24) is 4.72 Å². The smallest absolute Gasteiger partial charge is 0.216 e. The monoisotopic (exact) mass is 566 g/mol. The van der Waals surface area contributed by atoms with E-state index < -0.39 is 10.0 Å². The third-order valence-corrected chi connectivity index (χ3v) is 9.64. The number of unbranched alkanes of at least 4 members (excludes halogenated alkanes) is 19. The van der Waals surface area contributed by atoms with Crippen LogP contribution in [0.15, 0.2) is 0 Å². The fourth-order valence-corrected chi connectivity index (χ4v) is 7.05. The maximum atomic E-state index is 12.6. The Morgan fingerprint density at radius 2 is 0.919 bits per heavy atom. The van der Waals surface area contributed by atoms with Crippen LogP contribution in [0.4, 0.5) is 0 Å². The molecule has 0 radical (unpaired) electrons. The van der Waals surface area contributed by atoms with Gasteiger partial charge in [0.2, 0.25) is 10.0 Å². The maximum absolute atomic E-state index is 12.6. The Balaban J connectivity index is 0. The Labute approximate surface area is 240 Å². The molecule has 0 aromatic carbocycles. The van der Waals surface area contributed by atoms with Gasteiger partial charge in [-0.15, -0.1) is 0 Å². The average Bonchev–Trinajstić information content (AvgIpc) is 2.86. The molecule has 0 spiro atoms. The first kappa shape index (κ1) is 39.3. The van der Waals surface area contributed by atoms with Crippen molar-refractivity contribution in [2.24, 2.45) is 0 Å². The standard InChI is InChI=1S/C31H67N2O2S.ClH/c1-6-10-11-12-13-14-15-16-17-18-19-20-21-22-23-24-25-26-27-28-30-36(34,35)32-31(8-3)33(5,9-4)29-7-2;/h31-32H,6-30H2,1-5H3;1H/q+1;/p-1. The zero-order chi connectivity index (χ0) is 27.0. The van der Waals surface area contributed by atoms with Crippen LogP contribution in [-0.2, 0) is 10.0 Å². The van der Waals surface area contributed by atoms with E-state index in [1.165, 1.54) is 116 Å². The van der Waals surface area contributed by atoms with Gasteiger partial charge in [0.25, 0.3) is 0 Å². The molecule has 0 saturated carbocycles. The summed E-state index contributed by atoms with van der Waals surface area (Å²) in [5.74, 6) is 0.276. The molecule has 0 saturated heterocycles. The molecular weight excluding hydrogens is 500 g/mol. The number of nitrogens with one attached hydrogen (secondary N) is 1. The zero-order valence-electron chi connectivity index (χ0n) is 25.8. The minimum Gasteiger partial charge on any atom is -1.00 e. The molecule has 37 heavy (non-hydrogen) atoms. The number of sulfonamides is 1. The van der Waals surface area contributed by atoms with E-state index >= 15 is 0 Å². The molecule has 226 valence electrons. The first-order valence-electron chi connectivity index (χ1n) is 16.2. The number of rotatable bonds is 28. The van der Waals surface area contributed by atoms with Crippen LogP contribution in [0.2, 0.25) is 0 Å². The highest BCUT2D eigenvalue weighted by Crippen LogP contribution is 2.16. The lowest BCUT2D eigenvalue weighted by Gasteiger charge is -2.40. The molecule has 1 N–H and O–H groups in total. The third-order valence-electron chi connectivity index (χ3n) is 8.18. The van der Waals surface area contributed by atoms with E-state index in [1.54, 1.807) is 0 Å². The van der Waals surface area contributed by atoms with Crippen LogP contribution >= 0.6 is 0 Å². The van der Waals surface area contributed by atoms with E-state index in [0.717, 1.165) is 43.3 Å². The highest BCUT2D eigenvalue weighted by atomic mass is 35.5. The predicted octanol–water partition coefficient (Wildman–Crippen LogP) is 6.34. The summed E-state index contributed by atoms with van der Waals surface area (Å²) in [5, 5.41) is 0. The van der Waals surface area contributed by atoms with Gasteiger partial charge in [0.05, 0.1) is 25.9 Å². The Morgan fingerprint density at radius 3 is 1.22 bits per heavy atom. The van der Waals surface area contributed by atoms with Crippen molar-refractivity contribution in [1.29, 1.82) is 0 Å². The van der Waals surface area contributed by atoms with Crippen LogP contribution in [-0.4, -0.2) is 45.0 Å². The van der Waals surface area contributed by atoms with Gasteiger partial charge in [0, 0.05) is 6.42 Å². The molecular formula is C31H67ClN2O2S. The van der Waals surface area contributed by atoms with Crippen molar-refractivity contribution in [2.75, 3.05) is 25.9 Å². The quantitative estimate of drug-likeness (QED) is 0.0681. The van der Waals surface area contributed by atoms with Gasteiger partial charge in [-0.05, 0) is 19.8 Å². The number of halogens is 1. The zero-order valence-corrected chi connectivity index (χ0v) is 27.4. The van der Waals surface area contributed by atoms with Crippen molar-refractivity contribution in [3.63, 3.8) is 0 Å². The summed E-state index contributed by atoms with van der Waals surface area (Å²) in [6.45, 7) is 10.7. The second-order valence-corrected chi connectivity index (χ2v) is 13.5. The number of hydrogen-bond donors (Lipinski definition) is 1. The molecule has 2 unspecified atom stereocenters. The van der Waals surface area contributed by atoms with Gasteiger partial charge in [0.1, 0.15) is 0 Å². The van der Waals surface area contributed by atoms with E-state index in [9.17, 15) is 8.42 Å². The second kappa shape index (κ2) is 26.4. The number of nitrogens with zero attached hydrogens (tertiary/aromatic N) is 1. The van der Waals surface area contributed by atoms with Crippen molar-refractivity contribution < 1.29 is 25.3 Å². The normalized spacial score (nSPS) is 14.3. The highest BCUT2D eigenvalue weighted by molar-refractivity contribution is 7.89. The second-order valence-electron chi connectivity index (χ2n) is 11.6. The Kier molecular flexibility index (Phi) is 28.0. The number of quaternary nitrogens is 1. The molecule has 0 aliphatic carbocycles. The van der Waals surface area contributed by atoms with E-state index in [1.807, 2.05) is 0 Å². The molecule has 0 aromatic heterocycles. The molecule has 0 heterocycles. The Morgan fingerprint density at radius 1 is 0.568 bits per heavy atom. The van der Waals surface area contributed by atoms with Gasteiger partial charge in [-0.25, -0.2) is 8.42 Å². The van der Waals surface area contributed by atoms with Crippen molar-refractivity contribution in [2.45, 2.75) is 175 Å². The summed E-state index contributed by atoms with van der Waals surface area (Å²) in [6, 6.07) is 0. The summed E-state index contributed by atoms with van der Waals surface area (Å²) >= 11 is 0. The van der Waals surface area contributed by atoms with Gasteiger partial charge < -0.3 is 16.9 Å². The van der Waals surface area contributed by atoms with Gasteiger partial charge in [-0.1, -0.05) is 143 Å². The van der Waals surface area contributed by atoms with Crippen LogP contribution < -0.4 is 17.1 Å². The third kappa shape index (κ3) is 22.7. The minimum absolute atomic E-state index is 0. The largest absolute Gasteiger partial charge is 1.00 e. The Hall–Kier alpha value is 0.160. The topological polar surface area (TPSA) is 46.2 Å². The van der Waals surface area contributed by atoms with Gasteiger partial charge >= 0.3 is 0 Å². The van der Waals surface area contributed by atoms with Crippen LogP contribution in [0.25, 0.3) is 0 Å². The fraction of sp³-hybridized carbons (Fsp3) is 1.00. The molecule has 2 atom stereocenters. The van der Waals surface area contributed by atoms with Gasteiger partial charge in [-0.3, -0.25) is 0 Å². The first-order chi connectivity index (χ1) is 17.3. The fourth-order valence-electron chi connectivity index (χ4n) is 5.51. The van der Waals surface area contributed by atoms with E-state index in [4.69, 9.17) is 0 Å². The molecule has 0 aromatic rings. The van der Waals surface area contributed by atoms with Crippen LogP contribution in [0.3, 0.4) is 0 Å². The summed E-state index contributed by atoms with van der Waals surface area (Å²) < 4.78 is 29.1. The lowest BCUT2D eigenvalue weighted by atomic mass is 10.0. The van der Waals surface area contributed by atoms with Crippen molar-refractivity contribution in [3.8, 4) is 0 Å². The van der Waals surface area contributed by atoms with E-state index in [-0.39, 0.29) is 24.3 Å². The van der Waals surface area contributed by atoms with E-state index in [0.29, 0.717) is 0 Å². The molecule has 0 bridgehead atoms. The molecule has 0 rings (SSSR count). The molecule has 4 nitrogen and oxygen atoms in total.